The number of carbonyl (C=O) groups excluding carboxylic acids is 2. The third-order valence-corrected chi connectivity index (χ3v) is 9.34. The predicted molar refractivity (Wildman–Crippen MR) is 172 cm³/mol. The van der Waals surface area contributed by atoms with E-state index in [2.05, 4.69) is 5.32 Å². The third-order valence-electron chi connectivity index (χ3n) is 7.15. The minimum absolute atomic E-state index is 0.0433. The van der Waals surface area contributed by atoms with E-state index in [0.29, 0.717) is 11.6 Å². The zero-order valence-corrected chi connectivity index (χ0v) is 26.1. The van der Waals surface area contributed by atoms with Gasteiger partial charge in [-0.3, -0.25) is 13.9 Å². The maximum Gasteiger partial charge on any atom is 0.264 e. The Morgan fingerprint density at radius 3 is 2.02 bits per heavy atom. The number of benzene rings is 4. The summed E-state index contributed by atoms with van der Waals surface area (Å²) >= 11 is 6.43. The molecule has 4 rings (SSSR count). The van der Waals surface area contributed by atoms with Gasteiger partial charge in [0.25, 0.3) is 10.0 Å². The highest BCUT2D eigenvalue weighted by Gasteiger charge is 2.34. The van der Waals surface area contributed by atoms with Gasteiger partial charge in [0, 0.05) is 24.5 Å². The fraction of sp³-hybridized carbons (Fsp3) is 0.235. The number of hydrogen-bond donors (Lipinski definition) is 1. The Bertz CT molecular complexity index is 1650. The van der Waals surface area contributed by atoms with E-state index in [1.165, 1.54) is 17.0 Å². The summed E-state index contributed by atoms with van der Waals surface area (Å²) < 4.78 is 29.2. The molecule has 0 heterocycles. The van der Waals surface area contributed by atoms with Crippen LogP contribution in [0.5, 0.6) is 0 Å². The van der Waals surface area contributed by atoms with Gasteiger partial charge < -0.3 is 10.2 Å². The molecule has 1 N–H and O–H groups in total. The first kappa shape index (κ1) is 31.8. The molecule has 9 heteroatoms. The molecule has 224 valence electrons. The van der Waals surface area contributed by atoms with Crippen LogP contribution in [0, 0.1) is 13.8 Å². The van der Waals surface area contributed by atoms with Crippen molar-refractivity contribution in [3.8, 4) is 0 Å². The number of halogens is 1. The fourth-order valence-electron chi connectivity index (χ4n) is 4.73. The van der Waals surface area contributed by atoms with Crippen LogP contribution >= 0.6 is 11.6 Å². The molecule has 0 aliphatic rings. The molecule has 0 fully saturated rings. The smallest absolute Gasteiger partial charge is 0.264 e. The normalized spacial score (nSPS) is 11.9. The van der Waals surface area contributed by atoms with Gasteiger partial charge in [0.1, 0.15) is 12.6 Å². The van der Waals surface area contributed by atoms with Gasteiger partial charge in [0.2, 0.25) is 11.8 Å². The molecule has 4 aromatic carbocycles. The van der Waals surface area contributed by atoms with E-state index in [0.717, 1.165) is 26.6 Å². The molecule has 0 spiro atoms. The maximum atomic E-state index is 14.4. The van der Waals surface area contributed by atoms with Gasteiger partial charge in [-0.15, -0.1) is 0 Å². The zero-order valence-electron chi connectivity index (χ0n) is 24.5. The minimum atomic E-state index is -4.19. The molecule has 0 aliphatic carbocycles. The van der Waals surface area contributed by atoms with Crippen molar-refractivity contribution in [1.29, 1.82) is 0 Å². The van der Waals surface area contributed by atoms with Crippen molar-refractivity contribution in [3.05, 3.63) is 130 Å². The Morgan fingerprint density at radius 1 is 0.837 bits per heavy atom. The number of nitrogens with zero attached hydrogens (tertiary/aromatic N) is 2. The summed E-state index contributed by atoms with van der Waals surface area (Å²) in [5.41, 5.74) is 3.61. The first-order valence-electron chi connectivity index (χ1n) is 14.1. The molecular weight excluding hydrogens is 582 g/mol. The minimum Gasteiger partial charge on any atom is -0.355 e. The molecular formula is C34H36ClN3O4S. The molecule has 1 unspecified atom stereocenters. The number of nitrogens with one attached hydrogen (secondary N) is 1. The van der Waals surface area contributed by atoms with Gasteiger partial charge >= 0.3 is 0 Å². The summed E-state index contributed by atoms with van der Waals surface area (Å²) in [5.74, 6) is -0.842. The largest absolute Gasteiger partial charge is 0.355 e. The van der Waals surface area contributed by atoms with Gasteiger partial charge in [-0.05, 0) is 61.7 Å². The lowest BCUT2D eigenvalue weighted by atomic mass is 10.0. The number of amides is 2. The van der Waals surface area contributed by atoms with E-state index >= 15 is 0 Å². The van der Waals surface area contributed by atoms with Crippen LogP contribution in [-0.4, -0.2) is 44.3 Å². The molecule has 0 aliphatic heterocycles. The number of aryl methyl sites for hydroxylation is 2. The highest BCUT2D eigenvalue weighted by molar-refractivity contribution is 7.92. The van der Waals surface area contributed by atoms with Crippen molar-refractivity contribution in [2.24, 2.45) is 0 Å². The van der Waals surface area contributed by atoms with Crippen LogP contribution in [0.1, 0.15) is 29.2 Å². The third kappa shape index (κ3) is 8.03. The van der Waals surface area contributed by atoms with Crippen molar-refractivity contribution < 1.29 is 18.0 Å². The molecule has 0 radical (unpaired) electrons. The molecule has 1 atom stereocenters. The van der Waals surface area contributed by atoms with E-state index in [1.54, 1.807) is 30.3 Å². The van der Waals surface area contributed by atoms with E-state index < -0.39 is 28.5 Å². The number of rotatable bonds is 12. The summed E-state index contributed by atoms with van der Waals surface area (Å²) in [7, 11) is -4.19. The summed E-state index contributed by atoms with van der Waals surface area (Å²) in [5, 5.41) is 3.24. The van der Waals surface area contributed by atoms with Crippen LogP contribution in [0.15, 0.2) is 108 Å². The van der Waals surface area contributed by atoms with Crippen molar-refractivity contribution >= 4 is 39.1 Å². The second-order valence-electron chi connectivity index (χ2n) is 10.4. The highest BCUT2D eigenvalue weighted by atomic mass is 35.5. The summed E-state index contributed by atoms with van der Waals surface area (Å²) in [6, 6.07) is 29.3. The Kier molecular flexibility index (Phi) is 10.6. The lowest BCUT2D eigenvalue weighted by molar-refractivity contribution is -0.140. The van der Waals surface area contributed by atoms with Crippen molar-refractivity contribution in [2.45, 2.75) is 44.7 Å². The van der Waals surface area contributed by atoms with E-state index in [-0.39, 0.29) is 29.5 Å². The molecule has 0 aromatic heterocycles. The van der Waals surface area contributed by atoms with E-state index in [9.17, 15) is 18.0 Å². The fourth-order valence-corrected chi connectivity index (χ4v) is 6.31. The van der Waals surface area contributed by atoms with Gasteiger partial charge in [0.15, 0.2) is 0 Å². The number of anilines is 1. The van der Waals surface area contributed by atoms with Crippen LogP contribution in [0.2, 0.25) is 5.02 Å². The number of carbonyl (C=O) groups is 2. The molecule has 0 saturated carbocycles. The number of likely N-dealkylation sites (N-methyl/N-ethyl adjacent to an activating group) is 1. The van der Waals surface area contributed by atoms with Crippen LogP contribution < -0.4 is 9.62 Å². The summed E-state index contributed by atoms with van der Waals surface area (Å²) in [6.45, 7) is 5.46. The van der Waals surface area contributed by atoms with Gasteiger partial charge in [0.05, 0.1) is 10.6 Å². The van der Waals surface area contributed by atoms with Crippen molar-refractivity contribution in [3.63, 3.8) is 0 Å². The Labute approximate surface area is 259 Å². The molecule has 43 heavy (non-hydrogen) atoms. The lowest BCUT2D eigenvalue weighted by Crippen LogP contribution is -2.53. The Morgan fingerprint density at radius 2 is 1.44 bits per heavy atom. The van der Waals surface area contributed by atoms with Gasteiger partial charge in [-0.25, -0.2) is 8.42 Å². The van der Waals surface area contributed by atoms with E-state index in [1.807, 2.05) is 81.4 Å². The SMILES string of the molecule is CCNC(=O)C(Cc1ccccc1)N(Cc1ccccc1)C(=O)CN(c1ccc(C)c(Cl)c1)S(=O)(=O)c1ccc(C)cc1. The standard InChI is InChI=1S/C34H36ClN3O4S/c1-4-36-34(40)32(21-27-11-7-5-8-12-27)37(23-28-13-9-6-10-14-28)33(39)24-38(29-18-17-26(3)31(35)22-29)43(41,42)30-19-15-25(2)16-20-30/h5-20,22,32H,4,21,23-24H2,1-3H3,(H,36,40). The second-order valence-corrected chi connectivity index (χ2v) is 12.6. The van der Waals surface area contributed by atoms with Crippen LogP contribution in [0.3, 0.4) is 0 Å². The topological polar surface area (TPSA) is 86.8 Å². The summed E-state index contributed by atoms with van der Waals surface area (Å²) in [6.07, 6.45) is 0.256. The molecule has 4 aromatic rings. The number of hydrogen-bond acceptors (Lipinski definition) is 4. The number of sulfonamides is 1. The van der Waals surface area contributed by atoms with Gasteiger partial charge in [-0.1, -0.05) is 96.0 Å². The van der Waals surface area contributed by atoms with Crippen LogP contribution in [0.25, 0.3) is 0 Å². The van der Waals surface area contributed by atoms with E-state index in [4.69, 9.17) is 11.6 Å². The zero-order chi connectivity index (χ0) is 31.0. The van der Waals surface area contributed by atoms with Crippen molar-refractivity contribution in [2.75, 3.05) is 17.4 Å². The Hall–Kier alpha value is -4.14. The molecule has 7 nitrogen and oxygen atoms in total. The van der Waals surface area contributed by atoms with Crippen LogP contribution in [0.4, 0.5) is 5.69 Å². The first-order chi connectivity index (χ1) is 20.6. The monoisotopic (exact) mass is 617 g/mol. The Balaban J connectivity index is 1.80. The quantitative estimate of drug-likeness (QED) is 0.214. The molecule has 0 bridgehead atoms. The molecule has 2 amide bonds. The first-order valence-corrected chi connectivity index (χ1v) is 15.9. The average molecular weight is 618 g/mol. The maximum absolute atomic E-state index is 14.4. The predicted octanol–water partition coefficient (Wildman–Crippen LogP) is 5.93. The van der Waals surface area contributed by atoms with Gasteiger partial charge in [-0.2, -0.15) is 0 Å². The van der Waals surface area contributed by atoms with Crippen LogP contribution in [-0.2, 0) is 32.6 Å². The molecule has 0 saturated heterocycles. The average Bonchev–Trinajstić information content (AvgIpc) is 3.00. The summed E-state index contributed by atoms with van der Waals surface area (Å²) in [4.78, 5) is 29.4. The lowest BCUT2D eigenvalue weighted by Gasteiger charge is -2.34. The second kappa shape index (κ2) is 14.4. The highest BCUT2D eigenvalue weighted by Crippen LogP contribution is 2.29. The van der Waals surface area contributed by atoms with Crippen molar-refractivity contribution in [1.82, 2.24) is 10.2 Å².